The summed E-state index contributed by atoms with van der Waals surface area (Å²) in [5.74, 6) is -0.210. The number of methoxy groups -OCH3 is 1. The van der Waals surface area contributed by atoms with Gasteiger partial charge in [0, 0.05) is 17.8 Å². The van der Waals surface area contributed by atoms with E-state index in [-0.39, 0.29) is 16.4 Å². The van der Waals surface area contributed by atoms with Crippen LogP contribution in [0.4, 0.5) is 10.5 Å². The SMILES string of the molecule is COc1cc(-c2cccc(C(C)C)c2NC(=O)NS2(=O)=NC(=O)c3ccc(C(C)(C)O)cc32)ccn1. The van der Waals surface area contributed by atoms with Crippen LogP contribution >= 0.6 is 0 Å². The van der Waals surface area contributed by atoms with E-state index in [1.165, 1.54) is 19.2 Å². The maximum Gasteiger partial charge on any atom is 0.331 e. The van der Waals surface area contributed by atoms with Crippen LogP contribution in [0.1, 0.15) is 55.1 Å². The second-order valence-electron chi connectivity index (χ2n) is 9.26. The Kier molecular flexibility index (Phi) is 6.59. The number of hydrogen-bond donors (Lipinski definition) is 3. The first kappa shape index (κ1) is 25.3. The van der Waals surface area contributed by atoms with Gasteiger partial charge in [-0.15, -0.1) is 4.36 Å². The average molecular weight is 509 g/mol. The second kappa shape index (κ2) is 9.36. The minimum Gasteiger partial charge on any atom is -0.481 e. The molecule has 0 saturated heterocycles. The quantitative estimate of drug-likeness (QED) is 0.437. The number of nitrogens with zero attached hydrogens (tertiary/aromatic N) is 2. The number of ether oxygens (including phenoxy) is 1. The minimum atomic E-state index is -3.61. The molecular formula is C26H28N4O5S. The number of urea groups is 1. The lowest BCUT2D eigenvalue weighted by Crippen LogP contribution is -2.34. The number of rotatable bonds is 6. The Balaban J connectivity index is 1.72. The molecule has 10 heteroatoms. The third kappa shape index (κ3) is 4.82. The predicted molar refractivity (Wildman–Crippen MR) is 137 cm³/mol. The Bertz CT molecular complexity index is 1480. The van der Waals surface area contributed by atoms with Crippen molar-refractivity contribution >= 4 is 27.5 Å². The highest BCUT2D eigenvalue weighted by Crippen LogP contribution is 2.36. The molecule has 0 aliphatic carbocycles. The summed E-state index contributed by atoms with van der Waals surface area (Å²) in [5.41, 5.74) is 2.20. The van der Waals surface area contributed by atoms with Crippen molar-refractivity contribution in [3.63, 3.8) is 0 Å². The first-order chi connectivity index (χ1) is 16.9. The van der Waals surface area contributed by atoms with Gasteiger partial charge in [0.25, 0.3) is 5.91 Å². The number of aliphatic hydroxyl groups is 1. The van der Waals surface area contributed by atoms with Crippen molar-refractivity contribution in [3.8, 4) is 17.0 Å². The van der Waals surface area contributed by atoms with Gasteiger partial charge >= 0.3 is 6.03 Å². The molecule has 0 radical (unpaired) electrons. The number of para-hydroxylation sites is 1. The molecule has 188 valence electrons. The Labute approximate surface area is 210 Å². The van der Waals surface area contributed by atoms with Gasteiger partial charge < -0.3 is 15.2 Å². The predicted octanol–water partition coefficient (Wildman–Crippen LogP) is 4.83. The molecule has 4 rings (SSSR count). The van der Waals surface area contributed by atoms with E-state index in [0.29, 0.717) is 17.1 Å². The second-order valence-corrected chi connectivity index (χ2v) is 11.1. The van der Waals surface area contributed by atoms with Crippen molar-refractivity contribution in [2.24, 2.45) is 4.36 Å². The van der Waals surface area contributed by atoms with E-state index in [0.717, 1.165) is 16.7 Å². The van der Waals surface area contributed by atoms with E-state index in [2.05, 4.69) is 19.4 Å². The highest BCUT2D eigenvalue weighted by molar-refractivity contribution is 7.93. The fourth-order valence-electron chi connectivity index (χ4n) is 3.99. The van der Waals surface area contributed by atoms with Gasteiger partial charge in [-0.25, -0.2) is 18.7 Å². The number of anilines is 1. The van der Waals surface area contributed by atoms with Crippen LogP contribution < -0.4 is 14.8 Å². The van der Waals surface area contributed by atoms with Crippen LogP contribution in [0.3, 0.4) is 0 Å². The number of carbonyl (C=O) groups is 2. The third-order valence-electron chi connectivity index (χ3n) is 5.87. The highest BCUT2D eigenvalue weighted by atomic mass is 32.2. The molecule has 0 fully saturated rings. The number of nitrogens with one attached hydrogen (secondary N) is 2. The molecule has 1 unspecified atom stereocenters. The van der Waals surface area contributed by atoms with Gasteiger partial charge in [0.05, 0.1) is 28.9 Å². The Morgan fingerprint density at radius 3 is 2.53 bits per heavy atom. The van der Waals surface area contributed by atoms with Crippen LogP contribution in [0.15, 0.2) is 64.0 Å². The number of pyridine rings is 1. The van der Waals surface area contributed by atoms with Crippen molar-refractivity contribution in [1.29, 1.82) is 0 Å². The zero-order valence-electron chi connectivity index (χ0n) is 20.7. The lowest BCUT2D eigenvalue weighted by Gasteiger charge is -2.20. The first-order valence-corrected chi connectivity index (χ1v) is 12.8. The zero-order valence-corrected chi connectivity index (χ0v) is 21.5. The molecule has 36 heavy (non-hydrogen) atoms. The van der Waals surface area contributed by atoms with Crippen molar-refractivity contribution < 1.29 is 23.6 Å². The number of amides is 3. The molecule has 1 aromatic heterocycles. The van der Waals surface area contributed by atoms with Crippen LogP contribution in [0.2, 0.25) is 0 Å². The molecule has 2 aromatic carbocycles. The summed E-state index contributed by atoms with van der Waals surface area (Å²) >= 11 is 0. The van der Waals surface area contributed by atoms with Gasteiger partial charge in [0.2, 0.25) is 5.88 Å². The minimum absolute atomic E-state index is 0.0605. The number of aromatic nitrogens is 1. The molecule has 9 nitrogen and oxygen atoms in total. The molecule has 1 aliphatic heterocycles. The van der Waals surface area contributed by atoms with Crippen LogP contribution in [0.5, 0.6) is 5.88 Å². The molecule has 3 N–H and O–H groups in total. The molecule has 3 aromatic rings. The van der Waals surface area contributed by atoms with Gasteiger partial charge in [-0.05, 0) is 54.7 Å². The largest absolute Gasteiger partial charge is 0.481 e. The Morgan fingerprint density at radius 1 is 1.11 bits per heavy atom. The first-order valence-electron chi connectivity index (χ1n) is 11.3. The molecule has 3 amide bonds. The summed E-state index contributed by atoms with van der Waals surface area (Å²) in [5, 5.41) is 13.2. The number of fused-ring (bicyclic) bond motifs is 1. The molecule has 1 atom stereocenters. The Morgan fingerprint density at radius 2 is 1.86 bits per heavy atom. The summed E-state index contributed by atoms with van der Waals surface area (Å²) in [6.45, 7) is 7.14. The monoisotopic (exact) mass is 508 g/mol. The van der Waals surface area contributed by atoms with Crippen molar-refractivity contribution in [3.05, 3.63) is 71.4 Å². The number of carbonyl (C=O) groups excluding carboxylic acids is 2. The molecule has 0 bridgehead atoms. The van der Waals surface area contributed by atoms with E-state index < -0.39 is 27.5 Å². The van der Waals surface area contributed by atoms with Crippen molar-refractivity contribution in [1.82, 2.24) is 9.71 Å². The van der Waals surface area contributed by atoms with Crippen LogP contribution in [-0.2, 0) is 15.5 Å². The van der Waals surface area contributed by atoms with E-state index in [4.69, 9.17) is 4.74 Å². The molecule has 1 aliphatic rings. The molecular weight excluding hydrogens is 480 g/mol. The molecule has 2 heterocycles. The normalized spacial score (nSPS) is 16.9. The summed E-state index contributed by atoms with van der Waals surface area (Å²) in [4.78, 5) is 29.8. The van der Waals surface area contributed by atoms with Gasteiger partial charge in [-0.3, -0.25) is 4.79 Å². The Hall–Kier alpha value is -3.76. The summed E-state index contributed by atoms with van der Waals surface area (Å²) in [6, 6.07) is 12.9. The van der Waals surface area contributed by atoms with E-state index in [1.807, 2.05) is 32.0 Å². The van der Waals surface area contributed by atoms with Gasteiger partial charge in [-0.1, -0.05) is 38.1 Å². The fraction of sp³-hybridized carbons (Fsp3) is 0.269. The third-order valence-corrected chi connectivity index (χ3v) is 7.69. The standard InChI is InChI=1S/C26H28N4O5S/c1-15(2)18-7-6-8-19(16-11-12-27-22(13-16)35-5)23(18)28-25(32)30-36(34)21-14-17(26(3,4)33)9-10-20(21)24(31)29-36/h6-15,33H,1-5H3,(H2,28,29,30,31,32,34). The lowest BCUT2D eigenvalue weighted by molar-refractivity contribution is 0.0782. The van der Waals surface area contributed by atoms with Crippen molar-refractivity contribution in [2.75, 3.05) is 12.4 Å². The van der Waals surface area contributed by atoms with E-state index in [1.54, 1.807) is 38.2 Å². The maximum absolute atomic E-state index is 13.7. The van der Waals surface area contributed by atoms with E-state index >= 15 is 0 Å². The smallest absolute Gasteiger partial charge is 0.331 e. The van der Waals surface area contributed by atoms with Gasteiger partial charge in [-0.2, -0.15) is 0 Å². The summed E-state index contributed by atoms with van der Waals surface area (Å²) in [6.07, 6.45) is 1.61. The zero-order chi connectivity index (χ0) is 26.3. The lowest BCUT2D eigenvalue weighted by atomic mass is 9.94. The number of hydrogen-bond acceptors (Lipinski definition) is 6. The van der Waals surface area contributed by atoms with Crippen LogP contribution in [-0.4, -0.2) is 33.3 Å². The van der Waals surface area contributed by atoms with Gasteiger partial charge in [0.15, 0.2) is 9.92 Å². The van der Waals surface area contributed by atoms with Crippen LogP contribution in [0, 0.1) is 0 Å². The molecule has 0 saturated carbocycles. The average Bonchev–Trinajstić information content (AvgIpc) is 3.07. The summed E-state index contributed by atoms with van der Waals surface area (Å²) in [7, 11) is -2.09. The topological polar surface area (TPSA) is 130 Å². The highest BCUT2D eigenvalue weighted by Gasteiger charge is 2.33. The summed E-state index contributed by atoms with van der Waals surface area (Å²) < 4.78 is 25.1. The van der Waals surface area contributed by atoms with Crippen LogP contribution in [0.25, 0.3) is 11.1 Å². The van der Waals surface area contributed by atoms with Gasteiger partial charge in [0.1, 0.15) is 0 Å². The number of benzene rings is 2. The molecule has 0 spiro atoms. The van der Waals surface area contributed by atoms with Crippen molar-refractivity contribution in [2.45, 2.75) is 44.1 Å². The van der Waals surface area contributed by atoms with E-state index in [9.17, 15) is 18.9 Å². The fourth-order valence-corrected chi connectivity index (χ4v) is 5.61. The maximum atomic E-state index is 13.7.